The van der Waals surface area contributed by atoms with E-state index in [1.54, 1.807) is 6.92 Å². The van der Waals surface area contributed by atoms with Crippen LogP contribution in [0.25, 0.3) is 0 Å². The average molecular weight is 218 g/mol. The molecule has 1 saturated heterocycles. The summed E-state index contributed by atoms with van der Waals surface area (Å²) in [5.41, 5.74) is 0.445. The molecule has 0 aliphatic carbocycles. The lowest BCUT2D eigenvalue weighted by atomic mass is 10.4. The molecule has 0 aromatic carbocycles. The van der Waals surface area contributed by atoms with Gasteiger partial charge in [0.1, 0.15) is 0 Å². The number of rotatable bonds is 5. The third-order valence-electron chi connectivity index (χ3n) is 1.67. The van der Waals surface area contributed by atoms with Crippen LogP contribution < -0.4 is 0 Å². The van der Waals surface area contributed by atoms with Gasteiger partial charge in [0.05, 0.1) is 6.61 Å². The summed E-state index contributed by atoms with van der Waals surface area (Å²) in [5.74, 6) is -0.313. The van der Waals surface area contributed by atoms with Gasteiger partial charge in [-0.15, -0.1) is 0 Å². The first-order chi connectivity index (χ1) is 6.20. The van der Waals surface area contributed by atoms with E-state index in [0.29, 0.717) is 12.2 Å². The Morgan fingerprint density at radius 3 is 2.77 bits per heavy atom. The Kier molecular flexibility index (Phi) is 4.36. The third kappa shape index (κ3) is 3.86. The van der Waals surface area contributed by atoms with E-state index >= 15 is 0 Å². The summed E-state index contributed by atoms with van der Waals surface area (Å²) in [6.07, 6.45) is 0.838. The predicted octanol–water partition coefficient (Wildman–Crippen LogP) is -0.238. The van der Waals surface area contributed by atoms with E-state index in [1.165, 1.54) is 0 Å². The lowest BCUT2D eigenvalue weighted by Gasteiger charge is -2.25. The fourth-order valence-electron chi connectivity index (χ4n) is 0.869. The molecular formula is C7H14O4Si2. The number of carbonyl (C=O) groups is 1. The first kappa shape index (κ1) is 10.6. The third-order valence-corrected chi connectivity index (χ3v) is 6.62. The average Bonchev–Trinajstić information content (AvgIpc) is 2.00. The predicted molar refractivity (Wildman–Crippen MR) is 53.1 cm³/mol. The maximum atomic E-state index is 10.9. The van der Waals surface area contributed by atoms with Crippen LogP contribution >= 0.6 is 0 Å². The van der Waals surface area contributed by atoms with Crippen molar-refractivity contribution in [3.05, 3.63) is 12.2 Å². The minimum atomic E-state index is -1.24. The first-order valence-corrected chi connectivity index (χ1v) is 7.17. The van der Waals surface area contributed by atoms with Gasteiger partial charge in [-0.3, -0.25) is 0 Å². The summed E-state index contributed by atoms with van der Waals surface area (Å²) in [6.45, 7) is 5.57. The zero-order valence-corrected chi connectivity index (χ0v) is 10.3. The van der Waals surface area contributed by atoms with Crippen LogP contribution in [0, 0.1) is 0 Å². The van der Waals surface area contributed by atoms with Crippen LogP contribution in [0.4, 0.5) is 0 Å². The van der Waals surface area contributed by atoms with Gasteiger partial charge < -0.3 is 13.0 Å². The smallest absolute Gasteiger partial charge is 0.333 e. The van der Waals surface area contributed by atoms with E-state index in [2.05, 4.69) is 6.58 Å². The molecule has 0 aromatic rings. The summed E-state index contributed by atoms with van der Waals surface area (Å²) in [6, 6.07) is 0.941. The second-order valence-corrected chi connectivity index (χ2v) is 7.28. The van der Waals surface area contributed by atoms with Crippen molar-refractivity contribution in [1.29, 1.82) is 0 Å². The molecule has 0 aromatic heterocycles. The van der Waals surface area contributed by atoms with Crippen molar-refractivity contribution < 1.29 is 17.8 Å². The second kappa shape index (κ2) is 5.33. The molecule has 1 heterocycles. The molecule has 1 fully saturated rings. The number of hydrogen-bond donors (Lipinski definition) is 0. The van der Waals surface area contributed by atoms with Gasteiger partial charge in [0, 0.05) is 5.57 Å². The Morgan fingerprint density at radius 1 is 1.62 bits per heavy atom. The standard InChI is InChI=1S/C7H14O4Si2/c1-6(2)7(8)9-4-3-5-13-10-12-11-13/h13H,1,3-5,12H2,2H3. The Labute approximate surface area is 81.8 Å². The van der Waals surface area contributed by atoms with Crippen LogP contribution in [0.2, 0.25) is 6.04 Å². The summed E-state index contributed by atoms with van der Waals surface area (Å²) in [7, 11) is -1.81. The molecule has 0 radical (unpaired) electrons. The topological polar surface area (TPSA) is 44.8 Å². The molecule has 0 N–H and O–H groups in total. The molecule has 6 heteroatoms. The van der Waals surface area contributed by atoms with E-state index in [-0.39, 0.29) is 5.97 Å². The molecule has 0 bridgehead atoms. The Morgan fingerprint density at radius 2 is 2.31 bits per heavy atom. The van der Waals surface area contributed by atoms with Gasteiger partial charge in [0.2, 0.25) is 0 Å². The fraction of sp³-hybridized carbons (Fsp3) is 0.571. The van der Waals surface area contributed by atoms with E-state index < -0.39 is 19.3 Å². The highest BCUT2D eigenvalue weighted by Crippen LogP contribution is 2.08. The fourth-order valence-corrected chi connectivity index (χ4v) is 4.02. The molecule has 4 nitrogen and oxygen atoms in total. The van der Waals surface area contributed by atoms with Gasteiger partial charge >= 0.3 is 15.3 Å². The monoisotopic (exact) mass is 218 g/mol. The van der Waals surface area contributed by atoms with Crippen LogP contribution in [0.5, 0.6) is 0 Å². The molecule has 1 aliphatic rings. The molecule has 1 rings (SSSR count). The maximum absolute atomic E-state index is 10.9. The van der Waals surface area contributed by atoms with Crippen molar-refractivity contribution in [3.63, 3.8) is 0 Å². The highest BCUT2D eigenvalue weighted by atomic mass is 28.4. The van der Waals surface area contributed by atoms with Crippen molar-refractivity contribution in [2.45, 2.75) is 19.4 Å². The van der Waals surface area contributed by atoms with E-state index in [9.17, 15) is 4.79 Å². The first-order valence-electron chi connectivity index (χ1n) is 4.26. The summed E-state index contributed by atoms with van der Waals surface area (Å²) in [4.78, 5) is 10.9. The van der Waals surface area contributed by atoms with Crippen molar-refractivity contribution in [2.24, 2.45) is 0 Å². The molecule has 0 unspecified atom stereocenters. The molecule has 0 amide bonds. The van der Waals surface area contributed by atoms with Crippen molar-refractivity contribution >= 4 is 25.3 Å². The van der Waals surface area contributed by atoms with E-state index in [1.807, 2.05) is 0 Å². The lowest BCUT2D eigenvalue weighted by molar-refractivity contribution is -0.138. The number of carbonyl (C=O) groups excluding carboxylic acids is 1. The highest BCUT2D eigenvalue weighted by Gasteiger charge is 2.21. The van der Waals surface area contributed by atoms with Gasteiger partial charge in [0.25, 0.3) is 10.0 Å². The van der Waals surface area contributed by atoms with E-state index in [0.717, 1.165) is 12.5 Å². The summed E-state index contributed by atoms with van der Waals surface area (Å²) < 4.78 is 15.5. The van der Waals surface area contributed by atoms with Crippen LogP contribution in [0.1, 0.15) is 13.3 Å². The van der Waals surface area contributed by atoms with Crippen molar-refractivity contribution in [1.82, 2.24) is 0 Å². The van der Waals surface area contributed by atoms with Crippen LogP contribution in [0.15, 0.2) is 12.2 Å². The number of ether oxygens (including phenoxy) is 1. The minimum Gasteiger partial charge on any atom is -0.462 e. The van der Waals surface area contributed by atoms with Crippen molar-refractivity contribution in [2.75, 3.05) is 6.61 Å². The molecule has 0 saturated carbocycles. The second-order valence-electron chi connectivity index (χ2n) is 2.94. The Bertz CT molecular complexity index is 203. The zero-order valence-electron chi connectivity index (χ0n) is 7.75. The molecule has 0 atom stereocenters. The van der Waals surface area contributed by atoms with Gasteiger partial charge in [0.15, 0.2) is 0 Å². The molecular weight excluding hydrogens is 204 g/mol. The van der Waals surface area contributed by atoms with Gasteiger partial charge in [-0.1, -0.05) is 6.58 Å². The number of esters is 1. The highest BCUT2D eigenvalue weighted by molar-refractivity contribution is 6.64. The molecule has 74 valence electrons. The van der Waals surface area contributed by atoms with Crippen LogP contribution in [0.3, 0.4) is 0 Å². The summed E-state index contributed by atoms with van der Waals surface area (Å²) >= 11 is 0. The van der Waals surface area contributed by atoms with Crippen LogP contribution in [-0.4, -0.2) is 31.9 Å². The van der Waals surface area contributed by atoms with E-state index in [4.69, 9.17) is 13.0 Å². The lowest BCUT2D eigenvalue weighted by Crippen LogP contribution is -2.38. The SMILES string of the molecule is C=C(C)C(=O)OCCC[SiH]1O[SiH2]O1. The zero-order chi connectivity index (χ0) is 9.68. The van der Waals surface area contributed by atoms with Gasteiger partial charge in [-0.25, -0.2) is 4.79 Å². The normalized spacial score (nSPS) is 22.4. The number of hydrogen-bond acceptors (Lipinski definition) is 4. The molecule has 13 heavy (non-hydrogen) atoms. The molecule has 0 spiro atoms. The molecule has 1 aliphatic heterocycles. The maximum Gasteiger partial charge on any atom is 0.333 e. The Hall–Kier alpha value is -0.436. The van der Waals surface area contributed by atoms with Gasteiger partial charge in [-0.2, -0.15) is 0 Å². The van der Waals surface area contributed by atoms with Crippen LogP contribution in [-0.2, 0) is 17.8 Å². The quantitative estimate of drug-likeness (QED) is 0.276. The summed E-state index contributed by atoms with van der Waals surface area (Å²) in [5, 5.41) is 0. The Balaban J connectivity index is 1.94. The minimum absolute atomic E-state index is 0.313. The largest absolute Gasteiger partial charge is 0.462 e. The van der Waals surface area contributed by atoms with Gasteiger partial charge in [-0.05, 0) is 19.4 Å². The van der Waals surface area contributed by atoms with Crippen molar-refractivity contribution in [3.8, 4) is 0 Å².